The minimum atomic E-state index is 0.0398. The van der Waals surface area contributed by atoms with Crippen molar-refractivity contribution < 1.29 is 14.3 Å². The molecule has 0 atom stereocenters. The summed E-state index contributed by atoms with van der Waals surface area (Å²) < 4.78 is 5.12. The van der Waals surface area contributed by atoms with Gasteiger partial charge in [0.25, 0.3) is 5.91 Å². The fraction of sp³-hybridized carbons (Fsp3) is 0.263. The van der Waals surface area contributed by atoms with E-state index in [1.54, 1.807) is 43.5 Å². The minimum Gasteiger partial charge on any atom is -0.497 e. The van der Waals surface area contributed by atoms with Crippen molar-refractivity contribution in [3.8, 4) is 5.75 Å². The van der Waals surface area contributed by atoms with Crippen molar-refractivity contribution in [2.45, 2.75) is 0 Å². The number of hydrogen-bond acceptors (Lipinski definition) is 5. The molecule has 2 aromatic rings. The van der Waals surface area contributed by atoms with E-state index in [0.717, 1.165) is 24.5 Å². The van der Waals surface area contributed by atoms with Gasteiger partial charge in [0.2, 0.25) is 6.08 Å². The van der Waals surface area contributed by atoms with Crippen LogP contribution in [0.25, 0.3) is 0 Å². The molecule has 3 rings (SSSR count). The standard InChI is InChI=1S/C19H19N3O3/c1-25-18-8-2-15(3-9-18)19(24)22-12-10-21(11-13-22)17-6-4-16(5-7-17)20-14-23/h2-9H,10-13H2,1H3. The molecular weight excluding hydrogens is 318 g/mol. The number of methoxy groups -OCH3 is 1. The van der Waals surface area contributed by atoms with Crippen molar-refractivity contribution in [3.63, 3.8) is 0 Å². The molecule has 0 radical (unpaired) electrons. The van der Waals surface area contributed by atoms with Gasteiger partial charge in [-0.3, -0.25) is 4.79 Å². The van der Waals surface area contributed by atoms with Crippen LogP contribution in [0.1, 0.15) is 10.4 Å². The maximum Gasteiger partial charge on any atom is 0.253 e. The zero-order valence-electron chi connectivity index (χ0n) is 14.0. The number of anilines is 1. The second-order valence-corrected chi connectivity index (χ2v) is 5.73. The first-order valence-electron chi connectivity index (χ1n) is 8.07. The number of carbonyl (C=O) groups excluding carboxylic acids is 2. The number of carbonyl (C=O) groups is 1. The van der Waals surface area contributed by atoms with E-state index in [1.165, 1.54) is 6.08 Å². The molecule has 1 fully saturated rings. The zero-order chi connectivity index (χ0) is 17.6. The topological polar surface area (TPSA) is 62.2 Å². The van der Waals surface area contributed by atoms with E-state index in [4.69, 9.17) is 4.74 Å². The third kappa shape index (κ3) is 3.87. The van der Waals surface area contributed by atoms with Gasteiger partial charge in [0.05, 0.1) is 12.8 Å². The van der Waals surface area contributed by atoms with E-state index in [0.29, 0.717) is 24.3 Å². The van der Waals surface area contributed by atoms with E-state index in [2.05, 4.69) is 9.89 Å². The Morgan fingerprint density at radius 3 is 2.20 bits per heavy atom. The van der Waals surface area contributed by atoms with Crippen LogP contribution in [0.3, 0.4) is 0 Å². The van der Waals surface area contributed by atoms with Gasteiger partial charge in [0.1, 0.15) is 5.75 Å². The quantitative estimate of drug-likeness (QED) is 0.635. The van der Waals surface area contributed by atoms with E-state index in [9.17, 15) is 9.59 Å². The maximum absolute atomic E-state index is 12.6. The van der Waals surface area contributed by atoms with Crippen LogP contribution in [-0.2, 0) is 4.79 Å². The average Bonchev–Trinajstić information content (AvgIpc) is 2.68. The molecule has 6 heteroatoms. The summed E-state index contributed by atoms with van der Waals surface area (Å²) in [6.45, 7) is 2.86. The van der Waals surface area contributed by atoms with Gasteiger partial charge in [-0.25, -0.2) is 4.79 Å². The first-order valence-corrected chi connectivity index (χ1v) is 8.07. The van der Waals surface area contributed by atoms with Crippen molar-refractivity contribution in [1.29, 1.82) is 0 Å². The minimum absolute atomic E-state index is 0.0398. The zero-order valence-corrected chi connectivity index (χ0v) is 14.0. The summed E-state index contributed by atoms with van der Waals surface area (Å²) >= 11 is 0. The molecule has 0 aromatic heterocycles. The molecule has 1 amide bonds. The Hall–Kier alpha value is -3.11. The first-order chi connectivity index (χ1) is 12.2. The molecule has 0 saturated carbocycles. The SMILES string of the molecule is COc1ccc(C(=O)N2CCN(c3ccc(N=C=O)cc3)CC2)cc1. The highest BCUT2D eigenvalue weighted by Crippen LogP contribution is 2.21. The van der Waals surface area contributed by atoms with E-state index in [-0.39, 0.29) is 5.91 Å². The molecule has 0 spiro atoms. The number of amides is 1. The van der Waals surface area contributed by atoms with E-state index in [1.807, 2.05) is 17.0 Å². The van der Waals surface area contributed by atoms with Gasteiger partial charge in [-0.15, -0.1) is 0 Å². The molecule has 128 valence electrons. The first kappa shape index (κ1) is 16.7. The average molecular weight is 337 g/mol. The number of isocyanates is 1. The lowest BCUT2D eigenvalue weighted by Crippen LogP contribution is -2.48. The highest BCUT2D eigenvalue weighted by atomic mass is 16.5. The predicted molar refractivity (Wildman–Crippen MR) is 95.3 cm³/mol. The summed E-state index contributed by atoms with van der Waals surface area (Å²) in [5, 5.41) is 0. The molecule has 2 aromatic carbocycles. The Labute approximate surface area is 146 Å². The van der Waals surface area contributed by atoms with Crippen LogP contribution in [0.2, 0.25) is 0 Å². The van der Waals surface area contributed by atoms with Gasteiger partial charge in [-0.2, -0.15) is 4.99 Å². The maximum atomic E-state index is 12.6. The number of nitrogens with zero attached hydrogens (tertiary/aromatic N) is 3. The van der Waals surface area contributed by atoms with Crippen LogP contribution in [0.15, 0.2) is 53.5 Å². The summed E-state index contributed by atoms with van der Waals surface area (Å²) in [5.41, 5.74) is 2.32. The fourth-order valence-corrected chi connectivity index (χ4v) is 2.87. The molecular formula is C19H19N3O3. The van der Waals surface area contributed by atoms with E-state index >= 15 is 0 Å². The van der Waals surface area contributed by atoms with Gasteiger partial charge >= 0.3 is 0 Å². The Morgan fingerprint density at radius 2 is 1.64 bits per heavy atom. The number of aliphatic imine (C=N–C) groups is 1. The highest BCUT2D eigenvalue weighted by molar-refractivity contribution is 5.94. The third-order valence-corrected chi connectivity index (χ3v) is 4.29. The second kappa shape index (κ2) is 7.64. The fourth-order valence-electron chi connectivity index (χ4n) is 2.87. The smallest absolute Gasteiger partial charge is 0.253 e. The van der Waals surface area contributed by atoms with Crippen LogP contribution >= 0.6 is 0 Å². The molecule has 25 heavy (non-hydrogen) atoms. The second-order valence-electron chi connectivity index (χ2n) is 5.73. The molecule has 1 saturated heterocycles. The normalized spacial score (nSPS) is 14.0. The molecule has 0 aliphatic carbocycles. The molecule has 6 nitrogen and oxygen atoms in total. The summed E-state index contributed by atoms with van der Waals surface area (Å²) in [5.74, 6) is 0.779. The van der Waals surface area contributed by atoms with Crippen LogP contribution < -0.4 is 9.64 Å². The van der Waals surface area contributed by atoms with Crippen LogP contribution in [0, 0.1) is 0 Å². The van der Waals surface area contributed by atoms with Crippen LogP contribution in [0.5, 0.6) is 5.75 Å². The van der Waals surface area contributed by atoms with Crippen molar-refractivity contribution in [3.05, 3.63) is 54.1 Å². The Kier molecular flexibility index (Phi) is 5.11. The largest absolute Gasteiger partial charge is 0.497 e. The van der Waals surface area contributed by atoms with E-state index < -0.39 is 0 Å². The van der Waals surface area contributed by atoms with Crippen molar-refractivity contribution >= 4 is 23.4 Å². The summed E-state index contributed by atoms with van der Waals surface area (Å²) in [6.07, 6.45) is 1.53. The van der Waals surface area contributed by atoms with Crippen molar-refractivity contribution in [2.24, 2.45) is 4.99 Å². The highest BCUT2D eigenvalue weighted by Gasteiger charge is 2.22. The number of piperazine rings is 1. The molecule has 0 N–H and O–H groups in total. The third-order valence-electron chi connectivity index (χ3n) is 4.29. The summed E-state index contributed by atoms with van der Waals surface area (Å²) in [7, 11) is 1.61. The number of benzene rings is 2. The predicted octanol–water partition coefficient (Wildman–Crippen LogP) is 2.62. The Bertz CT molecular complexity index is 773. The van der Waals surface area contributed by atoms with Crippen molar-refractivity contribution in [1.82, 2.24) is 4.90 Å². The Morgan fingerprint density at radius 1 is 1.00 bits per heavy atom. The van der Waals surface area contributed by atoms with Gasteiger partial charge in [-0.05, 0) is 48.5 Å². The Balaban J connectivity index is 1.60. The van der Waals surface area contributed by atoms with Gasteiger partial charge < -0.3 is 14.5 Å². The number of ether oxygens (including phenoxy) is 1. The van der Waals surface area contributed by atoms with Gasteiger partial charge in [-0.1, -0.05) is 0 Å². The molecule has 1 heterocycles. The number of hydrogen-bond donors (Lipinski definition) is 0. The lowest BCUT2D eigenvalue weighted by Gasteiger charge is -2.36. The summed E-state index contributed by atoms with van der Waals surface area (Å²) in [6, 6.07) is 14.6. The summed E-state index contributed by atoms with van der Waals surface area (Å²) in [4.78, 5) is 30.5. The van der Waals surface area contributed by atoms with Crippen LogP contribution in [-0.4, -0.2) is 50.2 Å². The molecule has 1 aliphatic heterocycles. The lowest BCUT2D eigenvalue weighted by molar-refractivity contribution is 0.0747. The van der Waals surface area contributed by atoms with Gasteiger partial charge in [0, 0.05) is 37.4 Å². The van der Waals surface area contributed by atoms with Gasteiger partial charge in [0.15, 0.2) is 0 Å². The molecule has 0 unspecified atom stereocenters. The monoisotopic (exact) mass is 337 g/mol. The number of rotatable bonds is 4. The lowest BCUT2D eigenvalue weighted by atomic mass is 10.1. The molecule has 0 bridgehead atoms. The molecule has 1 aliphatic rings. The van der Waals surface area contributed by atoms with Crippen LogP contribution in [0.4, 0.5) is 11.4 Å². The van der Waals surface area contributed by atoms with Crippen molar-refractivity contribution in [2.75, 3.05) is 38.2 Å².